The lowest BCUT2D eigenvalue weighted by molar-refractivity contribution is 1.39. The molecule has 0 aliphatic heterocycles. The van der Waals surface area contributed by atoms with Gasteiger partial charge in [-0.1, -0.05) is 54.6 Å². The molecule has 72 valence electrons. The van der Waals surface area contributed by atoms with Crippen molar-refractivity contribution < 1.29 is 0 Å². The molecule has 2 aromatic rings. The number of benzene rings is 2. The summed E-state index contributed by atoms with van der Waals surface area (Å²) in [5.41, 5.74) is 11.8. The highest BCUT2D eigenvalue weighted by atomic mass is 14.6. The molecule has 1 aliphatic carbocycles. The van der Waals surface area contributed by atoms with Gasteiger partial charge in [-0.2, -0.15) is 0 Å². The van der Waals surface area contributed by atoms with Gasteiger partial charge in [0.1, 0.15) is 0 Å². The maximum Gasteiger partial charge on any atom is 0.0479 e. The zero-order valence-electron chi connectivity index (χ0n) is 8.27. The van der Waals surface area contributed by atoms with Gasteiger partial charge in [-0.25, -0.2) is 0 Å². The van der Waals surface area contributed by atoms with Crippen LogP contribution in [0.5, 0.6) is 0 Å². The van der Waals surface area contributed by atoms with Crippen molar-refractivity contribution in [1.29, 1.82) is 0 Å². The van der Waals surface area contributed by atoms with Crippen LogP contribution in [0.1, 0.15) is 16.7 Å². The lowest BCUT2D eigenvalue weighted by Gasteiger charge is -2.25. The first kappa shape index (κ1) is 8.30. The summed E-state index contributed by atoms with van der Waals surface area (Å²) in [5.74, 6) is 0. The fourth-order valence-electron chi connectivity index (χ4n) is 2.07. The Kier molecular flexibility index (Phi) is 1.65. The Morgan fingerprint density at radius 1 is 0.667 bits per heavy atom. The molecule has 0 heterocycles. The van der Waals surface area contributed by atoms with E-state index in [1.807, 2.05) is 30.3 Å². The quantitative estimate of drug-likeness (QED) is 0.740. The second-order valence-electron chi connectivity index (χ2n) is 3.70. The summed E-state index contributed by atoms with van der Waals surface area (Å²) < 4.78 is 0. The summed E-state index contributed by atoms with van der Waals surface area (Å²) >= 11 is 0. The maximum atomic E-state index is 6.05. The second-order valence-corrected chi connectivity index (χ2v) is 3.70. The van der Waals surface area contributed by atoms with Crippen LogP contribution in [-0.2, 0) is 0 Å². The molecule has 1 heteroatoms. The first-order valence-electron chi connectivity index (χ1n) is 5.03. The van der Waals surface area contributed by atoms with Crippen molar-refractivity contribution in [3.63, 3.8) is 0 Å². The fraction of sp³-hybridized carbons (Fsp3) is 0. The third-order valence-electron chi connectivity index (χ3n) is 2.82. The van der Waals surface area contributed by atoms with Crippen LogP contribution in [0, 0.1) is 0 Å². The van der Waals surface area contributed by atoms with E-state index in [1.165, 1.54) is 22.3 Å². The van der Waals surface area contributed by atoms with Gasteiger partial charge >= 0.3 is 0 Å². The summed E-state index contributed by atoms with van der Waals surface area (Å²) in [7, 11) is 0. The van der Waals surface area contributed by atoms with Crippen molar-refractivity contribution in [2.24, 2.45) is 5.73 Å². The molecule has 0 saturated carbocycles. The van der Waals surface area contributed by atoms with Gasteiger partial charge in [0.25, 0.3) is 0 Å². The number of fused-ring (bicyclic) bond motifs is 1. The predicted octanol–water partition coefficient (Wildman–Crippen LogP) is 2.88. The molecular formula is C14H11N. The Balaban J connectivity index is 2.15. The van der Waals surface area contributed by atoms with Crippen LogP contribution in [0.3, 0.4) is 0 Å². The largest absolute Gasteiger partial charge is 0.398 e. The smallest absolute Gasteiger partial charge is 0.0479 e. The van der Waals surface area contributed by atoms with Gasteiger partial charge in [0.2, 0.25) is 0 Å². The normalized spacial score (nSPS) is 13.3. The summed E-state index contributed by atoms with van der Waals surface area (Å²) in [5, 5.41) is 0. The second kappa shape index (κ2) is 2.99. The molecule has 0 atom stereocenters. The molecule has 15 heavy (non-hydrogen) atoms. The van der Waals surface area contributed by atoms with Crippen molar-refractivity contribution in [1.82, 2.24) is 0 Å². The van der Waals surface area contributed by atoms with Crippen LogP contribution in [0.25, 0.3) is 11.3 Å². The molecular weight excluding hydrogens is 182 g/mol. The highest BCUT2D eigenvalue weighted by Gasteiger charge is 2.23. The standard InChI is InChI=1S/C14H11N/c15-14-12-9-5-4-8-11(12)13(14)10-6-2-1-3-7-10/h1-9H,15H2. The summed E-state index contributed by atoms with van der Waals surface area (Å²) in [6, 6.07) is 18.5. The molecule has 0 saturated heterocycles. The van der Waals surface area contributed by atoms with Crippen molar-refractivity contribution in [2.75, 3.05) is 0 Å². The maximum absolute atomic E-state index is 6.05. The van der Waals surface area contributed by atoms with Crippen LogP contribution < -0.4 is 5.73 Å². The molecule has 0 aromatic heterocycles. The SMILES string of the molecule is NC1=C(c2ccccc2)c2ccccc21. The zero-order chi connectivity index (χ0) is 10.3. The first-order valence-corrected chi connectivity index (χ1v) is 5.03. The average molecular weight is 193 g/mol. The van der Waals surface area contributed by atoms with E-state index in [4.69, 9.17) is 5.73 Å². The Labute approximate surface area is 88.9 Å². The van der Waals surface area contributed by atoms with E-state index in [-0.39, 0.29) is 0 Å². The number of hydrogen-bond donors (Lipinski definition) is 1. The molecule has 2 N–H and O–H groups in total. The van der Waals surface area contributed by atoms with Gasteiger partial charge in [-0.05, 0) is 11.1 Å². The summed E-state index contributed by atoms with van der Waals surface area (Å²) in [6.07, 6.45) is 0. The molecule has 0 fully saturated rings. The minimum atomic E-state index is 0.914. The van der Waals surface area contributed by atoms with E-state index < -0.39 is 0 Å². The van der Waals surface area contributed by atoms with Crippen molar-refractivity contribution in [3.8, 4) is 0 Å². The van der Waals surface area contributed by atoms with Gasteiger partial charge < -0.3 is 5.73 Å². The molecule has 0 bridgehead atoms. The molecule has 0 amide bonds. The van der Waals surface area contributed by atoms with Gasteiger partial charge in [0, 0.05) is 16.8 Å². The zero-order valence-corrected chi connectivity index (χ0v) is 8.27. The van der Waals surface area contributed by atoms with Gasteiger partial charge in [-0.15, -0.1) is 0 Å². The van der Waals surface area contributed by atoms with E-state index in [9.17, 15) is 0 Å². The van der Waals surface area contributed by atoms with Crippen molar-refractivity contribution in [3.05, 3.63) is 71.3 Å². The average Bonchev–Trinajstić information content (AvgIpc) is 2.30. The topological polar surface area (TPSA) is 26.0 Å². The number of hydrogen-bond acceptors (Lipinski definition) is 1. The van der Waals surface area contributed by atoms with Crippen LogP contribution in [0.4, 0.5) is 0 Å². The Morgan fingerprint density at radius 3 is 2.00 bits per heavy atom. The number of nitrogens with two attached hydrogens (primary N) is 1. The molecule has 3 rings (SSSR count). The monoisotopic (exact) mass is 193 g/mol. The third-order valence-corrected chi connectivity index (χ3v) is 2.82. The molecule has 2 aromatic carbocycles. The highest BCUT2D eigenvalue weighted by molar-refractivity contribution is 6.08. The van der Waals surface area contributed by atoms with E-state index in [1.54, 1.807) is 0 Å². The lowest BCUT2D eigenvalue weighted by atomic mass is 9.81. The summed E-state index contributed by atoms with van der Waals surface area (Å²) in [6.45, 7) is 0. The van der Waals surface area contributed by atoms with Gasteiger partial charge in [0.05, 0.1) is 0 Å². The van der Waals surface area contributed by atoms with E-state index >= 15 is 0 Å². The predicted molar refractivity (Wildman–Crippen MR) is 63.0 cm³/mol. The molecule has 0 unspecified atom stereocenters. The van der Waals surface area contributed by atoms with Crippen LogP contribution in [0.2, 0.25) is 0 Å². The Morgan fingerprint density at radius 2 is 1.27 bits per heavy atom. The van der Waals surface area contributed by atoms with Crippen LogP contribution >= 0.6 is 0 Å². The molecule has 1 aliphatic rings. The minimum Gasteiger partial charge on any atom is -0.398 e. The highest BCUT2D eigenvalue weighted by Crippen LogP contribution is 2.40. The molecule has 1 nitrogen and oxygen atoms in total. The fourth-order valence-corrected chi connectivity index (χ4v) is 2.07. The van der Waals surface area contributed by atoms with Crippen molar-refractivity contribution in [2.45, 2.75) is 0 Å². The van der Waals surface area contributed by atoms with Crippen molar-refractivity contribution >= 4 is 11.3 Å². The number of rotatable bonds is 1. The lowest BCUT2D eigenvalue weighted by Crippen LogP contribution is -2.13. The van der Waals surface area contributed by atoms with Crippen LogP contribution in [-0.4, -0.2) is 0 Å². The van der Waals surface area contributed by atoms with E-state index in [2.05, 4.69) is 24.3 Å². The molecule has 0 radical (unpaired) electrons. The van der Waals surface area contributed by atoms with Crippen LogP contribution in [0.15, 0.2) is 54.6 Å². The van der Waals surface area contributed by atoms with Gasteiger partial charge in [-0.3, -0.25) is 0 Å². The first-order chi connectivity index (χ1) is 7.38. The van der Waals surface area contributed by atoms with Gasteiger partial charge in [0.15, 0.2) is 0 Å². The Bertz CT molecular complexity index is 538. The minimum absolute atomic E-state index is 0.914. The van der Waals surface area contributed by atoms with E-state index in [0.29, 0.717) is 0 Å². The third kappa shape index (κ3) is 1.10. The Hall–Kier alpha value is -2.02. The van der Waals surface area contributed by atoms with E-state index in [0.717, 1.165) is 5.70 Å². The summed E-state index contributed by atoms with van der Waals surface area (Å²) in [4.78, 5) is 0. The molecule has 0 spiro atoms.